The normalized spacial score (nSPS) is 16.3. The Balaban J connectivity index is 1.18. The van der Waals surface area contributed by atoms with Crippen molar-refractivity contribution in [3.05, 3.63) is 51.2 Å². The van der Waals surface area contributed by atoms with Gasteiger partial charge in [-0.2, -0.15) is 0 Å². The molecule has 30 heavy (non-hydrogen) atoms. The zero-order valence-corrected chi connectivity index (χ0v) is 17.8. The molecule has 1 fully saturated rings. The summed E-state index contributed by atoms with van der Waals surface area (Å²) in [7, 11) is 0. The number of nitrogens with zero attached hydrogens (tertiary/aromatic N) is 3. The molecule has 1 aliphatic carbocycles. The number of aryl methyl sites for hydroxylation is 3. The van der Waals surface area contributed by atoms with Crippen LogP contribution in [0.1, 0.15) is 45.2 Å². The van der Waals surface area contributed by atoms with Crippen LogP contribution >= 0.6 is 11.3 Å². The Bertz CT molecular complexity index is 885. The van der Waals surface area contributed by atoms with Gasteiger partial charge >= 0.3 is 6.03 Å². The highest BCUT2D eigenvalue weighted by molar-refractivity contribution is 7.11. The van der Waals surface area contributed by atoms with E-state index in [0.717, 1.165) is 25.7 Å². The predicted molar refractivity (Wildman–Crippen MR) is 114 cm³/mol. The maximum Gasteiger partial charge on any atom is 0.317 e. The monoisotopic (exact) mass is 430 g/mol. The van der Waals surface area contributed by atoms with E-state index < -0.39 is 5.82 Å². The maximum atomic E-state index is 13.8. The standard InChI is InChI=1S/C22H27FN4O2S/c23-17-7-2-1-6-16(17)21(28)26-12-14-27(15-13-26)22(29)24-11-5-10-20-25-18-8-3-4-9-19(18)30-20/h1-2,6-7H,3-5,8-15H2,(H,24,29). The average Bonchev–Trinajstić information content (AvgIpc) is 3.19. The summed E-state index contributed by atoms with van der Waals surface area (Å²) in [6, 6.07) is 5.90. The van der Waals surface area contributed by atoms with Crippen LogP contribution in [0.15, 0.2) is 24.3 Å². The number of halogens is 1. The molecule has 2 aliphatic rings. The molecule has 0 saturated carbocycles. The van der Waals surface area contributed by atoms with Crippen LogP contribution in [0, 0.1) is 5.82 Å². The fourth-order valence-corrected chi connectivity index (χ4v) is 5.18. The van der Waals surface area contributed by atoms with Crippen molar-refractivity contribution >= 4 is 23.3 Å². The van der Waals surface area contributed by atoms with Crippen LogP contribution in [0.25, 0.3) is 0 Å². The number of aromatic nitrogens is 1. The number of hydrogen-bond acceptors (Lipinski definition) is 4. The smallest absolute Gasteiger partial charge is 0.317 e. The molecule has 0 unspecified atom stereocenters. The Morgan fingerprint density at radius 1 is 1.07 bits per heavy atom. The molecular formula is C22H27FN4O2S. The van der Waals surface area contributed by atoms with Gasteiger partial charge in [-0.3, -0.25) is 4.79 Å². The summed E-state index contributed by atoms with van der Waals surface area (Å²) in [5.41, 5.74) is 1.37. The van der Waals surface area contributed by atoms with Gasteiger partial charge in [0.05, 0.1) is 16.3 Å². The fourth-order valence-electron chi connectivity index (χ4n) is 3.98. The Kier molecular flexibility index (Phi) is 6.62. The van der Waals surface area contributed by atoms with Crippen molar-refractivity contribution < 1.29 is 14.0 Å². The molecule has 8 heteroatoms. The molecule has 6 nitrogen and oxygen atoms in total. The topological polar surface area (TPSA) is 65.5 Å². The Hall–Kier alpha value is -2.48. The lowest BCUT2D eigenvalue weighted by molar-refractivity contribution is 0.0660. The van der Waals surface area contributed by atoms with Crippen LogP contribution in [0.3, 0.4) is 0 Å². The van der Waals surface area contributed by atoms with Crippen molar-refractivity contribution in [2.75, 3.05) is 32.7 Å². The lowest BCUT2D eigenvalue weighted by atomic mass is 10.0. The molecule has 1 aromatic heterocycles. The van der Waals surface area contributed by atoms with Crippen molar-refractivity contribution in [1.82, 2.24) is 20.1 Å². The molecule has 2 aromatic rings. The molecule has 160 valence electrons. The van der Waals surface area contributed by atoms with Crippen molar-refractivity contribution in [3.8, 4) is 0 Å². The van der Waals surface area contributed by atoms with Gasteiger partial charge in [0.2, 0.25) is 0 Å². The molecular weight excluding hydrogens is 403 g/mol. The van der Waals surface area contributed by atoms with E-state index in [-0.39, 0.29) is 17.5 Å². The lowest BCUT2D eigenvalue weighted by Crippen LogP contribution is -2.53. The second-order valence-electron chi connectivity index (χ2n) is 7.78. The summed E-state index contributed by atoms with van der Waals surface area (Å²) in [6.07, 6.45) is 6.53. The number of benzene rings is 1. The molecule has 0 spiro atoms. The summed E-state index contributed by atoms with van der Waals surface area (Å²) in [6.45, 7) is 2.32. The number of nitrogens with one attached hydrogen (secondary N) is 1. The van der Waals surface area contributed by atoms with E-state index in [4.69, 9.17) is 4.98 Å². The number of amides is 3. The van der Waals surface area contributed by atoms with E-state index in [9.17, 15) is 14.0 Å². The molecule has 1 aliphatic heterocycles. The van der Waals surface area contributed by atoms with E-state index >= 15 is 0 Å². The number of carbonyl (C=O) groups excluding carboxylic acids is 2. The van der Waals surface area contributed by atoms with Crippen molar-refractivity contribution in [3.63, 3.8) is 0 Å². The minimum Gasteiger partial charge on any atom is -0.338 e. The number of thiazole rings is 1. The van der Waals surface area contributed by atoms with E-state index in [2.05, 4.69) is 5.32 Å². The summed E-state index contributed by atoms with van der Waals surface area (Å²) in [4.78, 5) is 34.4. The molecule has 0 bridgehead atoms. The SMILES string of the molecule is O=C(NCCCc1nc2c(s1)CCCC2)N1CCN(C(=O)c2ccccc2F)CC1. The van der Waals surface area contributed by atoms with E-state index in [0.29, 0.717) is 32.7 Å². The maximum absolute atomic E-state index is 13.8. The summed E-state index contributed by atoms with van der Waals surface area (Å²) in [5.74, 6) is -0.831. The predicted octanol–water partition coefficient (Wildman–Crippen LogP) is 3.26. The minimum absolute atomic E-state index is 0.0827. The first-order valence-corrected chi connectivity index (χ1v) is 11.5. The van der Waals surface area contributed by atoms with Crippen LogP contribution in [0.4, 0.5) is 9.18 Å². The number of rotatable bonds is 5. The van der Waals surface area contributed by atoms with Gasteiger partial charge in [-0.25, -0.2) is 14.2 Å². The van der Waals surface area contributed by atoms with Crippen LogP contribution in [0.5, 0.6) is 0 Å². The third-order valence-electron chi connectivity index (χ3n) is 5.69. The second-order valence-corrected chi connectivity index (χ2v) is 8.95. The Morgan fingerprint density at radius 2 is 1.80 bits per heavy atom. The average molecular weight is 431 g/mol. The van der Waals surface area contributed by atoms with Crippen LogP contribution in [-0.4, -0.2) is 59.4 Å². The molecule has 3 amide bonds. The second kappa shape index (κ2) is 9.55. The summed E-state index contributed by atoms with van der Waals surface area (Å²) in [5, 5.41) is 4.15. The number of urea groups is 1. The third kappa shape index (κ3) is 4.80. The van der Waals surface area contributed by atoms with Gasteiger partial charge in [0.15, 0.2) is 0 Å². The largest absolute Gasteiger partial charge is 0.338 e. The Morgan fingerprint density at radius 3 is 2.57 bits per heavy atom. The highest BCUT2D eigenvalue weighted by atomic mass is 32.1. The third-order valence-corrected chi connectivity index (χ3v) is 6.91. The van der Waals surface area contributed by atoms with E-state index in [1.807, 2.05) is 11.3 Å². The van der Waals surface area contributed by atoms with Crippen molar-refractivity contribution in [1.29, 1.82) is 0 Å². The van der Waals surface area contributed by atoms with Gasteiger partial charge in [0.1, 0.15) is 5.82 Å². The Labute approximate surface area is 180 Å². The van der Waals surface area contributed by atoms with E-state index in [1.165, 1.54) is 40.6 Å². The number of fused-ring (bicyclic) bond motifs is 1. The van der Waals surface area contributed by atoms with Crippen molar-refractivity contribution in [2.45, 2.75) is 38.5 Å². The number of hydrogen-bond donors (Lipinski definition) is 1. The van der Waals surface area contributed by atoms with Gasteiger partial charge in [-0.05, 0) is 44.2 Å². The molecule has 0 radical (unpaired) electrons. The van der Waals surface area contributed by atoms with Crippen LogP contribution in [0.2, 0.25) is 0 Å². The number of carbonyl (C=O) groups is 2. The summed E-state index contributed by atoms with van der Waals surface area (Å²) < 4.78 is 13.8. The highest BCUT2D eigenvalue weighted by Crippen LogP contribution is 2.27. The zero-order valence-electron chi connectivity index (χ0n) is 17.0. The first kappa shape index (κ1) is 20.8. The fraction of sp³-hybridized carbons (Fsp3) is 0.500. The van der Waals surface area contributed by atoms with Crippen molar-refractivity contribution in [2.24, 2.45) is 0 Å². The van der Waals surface area contributed by atoms with Gasteiger partial charge in [-0.1, -0.05) is 12.1 Å². The quantitative estimate of drug-likeness (QED) is 0.741. The molecule has 4 rings (SSSR count). The molecule has 1 N–H and O–H groups in total. The van der Waals surface area contributed by atoms with Gasteiger partial charge in [0, 0.05) is 44.0 Å². The first-order chi connectivity index (χ1) is 14.6. The summed E-state index contributed by atoms with van der Waals surface area (Å²) >= 11 is 1.83. The van der Waals surface area contributed by atoms with E-state index in [1.54, 1.807) is 21.9 Å². The molecule has 1 saturated heterocycles. The van der Waals surface area contributed by atoms with Gasteiger partial charge in [-0.15, -0.1) is 11.3 Å². The van der Waals surface area contributed by atoms with Gasteiger partial charge < -0.3 is 15.1 Å². The highest BCUT2D eigenvalue weighted by Gasteiger charge is 2.26. The van der Waals surface area contributed by atoms with Crippen LogP contribution < -0.4 is 5.32 Å². The molecule has 2 heterocycles. The minimum atomic E-state index is -0.510. The number of piperazine rings is 1. The van der Waals surface area contributed by atoms with Gasteiger partial charge in [0.25, 0.3) is 5.91 Å². The molecule has 0 atom stereocenters. The molecule has 1 aromatic carbocycles. The lowest BCUT2D eigenvalue weighted by Gasteiger charge is -2.34. The zero-order chi connectivity index (χ0) is 20.9. The first-order valence-electron chi connectivity index (χ1n) is 10.7. The van der Waals surface area contributed by atoms with Crippen LogP contribution in [-0.2, 0) is 19.3 Å².